The molecule has 3 heteroatoms. The summed E-state index contributed by atoms with van der Waals surface area (Å²) in [4.78, 5) is 4.90. The van der Waals surface area contributed by atoms with Gasteiger partial charge < -0.3 is 10.2 Å². The molecule has 0 saturated carbocycles. The summed E-state index contributed by atoms with van der Waals surface area (Å²) in [7, 11) is 4.30. The number of likely N-dealkylation sites (N-methyl/N-ethyl adjacent to an activating group) is 1. The van der Waals surface area contributed by atoms with Gasteiger partial charge in [-0.25, -0.2) is 0 Å². The Hall–Kier alpha value is -0.120. The Morgan fingerprint density at radius 2 is 1.93 bits per heavy atom. The zero-order valence-corrected chi connectivity index (χ0v) is 10.8. The van der Waals surface area contributed by atoms with Crippen molar-refractivity contribution in [3.05, 3.63) is 0 Å². The third-order valence-corrected chi connectivity index (χ3v) is 3.40. The molecule has 1 rings (SSSR count). The number of hydrogen-bond donors (Lipinski definition) is 1. The lowest BCUT2D eigenvalue weighted by Gasteiger charge is -2.30. The second-order valence-electron chi connectivity index (χ2n) is 4.99. The molecule has 1 aliphatic heterocycles. The van der Waals surface area contributed by atoms with Crippen LogP contribution in [0.15, 0.2) is 0 Å². The van der Waals surface area contributed by atoms with Gasteiger partial charge in [-0.15, -0.1) is 0 Å². The molecule has 1 saturated heterocycles. The molecule has 0 bridgehead atoms. The minimum absolute atomic E-state index is 0.761. The summed E-state index contributed by atoms with van der Waals surface area (Å²) in [6.07, 6.45) is 1.28. The molecule has 1 heterocycles. The van der Waals surface area contributed by atoms with Crippen LogP contribution in [0.25, 0.3) is 0 Å². The first-order valence-corrected chi connectivity index (χ1v) is 6.24. The molecule has 0 spiro atoms. The number of nitrogens with one attached hydrogen (secondary N) is 1. The van der Waals surface area contributed by atoms with Gasteiger partial charge in [0.05, 0.1) is 0 Å². The maximum absolute atomic E-state index is 3.48. The first-order chi connectivity index (χ1) is 7.15. The molecule has 1 fully saturated rings. The molecule has 1 N–H and O–H groups in total. The van der Waals surface area contributed by atoms with E-state index in [0.717, 1.165) is 12.0 Å². The first-order valence-electron chi connectivity index (χ1n) is 6.24. The highest BCUT2D eigenvalue weighted by atomic mass is 15.2. The van der Waals surface area contributed by atoms with Crippen LogP contribution in [0.4, 0.5) is 0 Å². The number of hydrogen-bond acceptors (Lipinski definition) is 3. The van der Waals surface area contributed by atoms with Crippen LogP contribution in [-0.4, -0.2) is 62.7 Å². The van der Waals surface area contributed by atoms with Crippen molar-refractivity contribution in [3.63, 3.8) is 0 Å². The number of nitrogens with zero attached hydrogens (tertiary/aromatic N) is 2. The van der Waals surface area contributed by atoms with Gasteiger partial charge in [-0.1, -0.05) is 13.8 Å². The summed E-state index contributed by atoms with van der Waals surface area (Å²) < 4.78 is 0. The molecule has 0 aliphatic carbocycles. The Morgan fingerprint density at radius 1 is 1.20 bits per heavy atom. The quantitative estimate of drug-likeness (QED) is 0.706. The topological polar surface area (TPSA) is 18.5 Å². The Balaban J connectivity index is 2.28. The predicted molar refractivity (Wildman–Crippen MR) is 66.2 cm³/mol. The summed E-state index contributed by atoms with van der Waals surface area (Å²) in [5, 5.41) is 3.48. The normalized spacial score (nSPS) is 26.8. The van der Waals surface area contributed by atoms with E-state index in [1.54, 1.807) is 0 Å². The van der Waals surface area contributed by atoms with Crippen molar-refractivity contribution >= 4 is 0 Å². The second kappa shape index (κ2) is 6.46. The van der Waals surface area contributed by atoms with E-state index in [9.17, 15) is 0 Å². The molecule has 1 aliphatic rings. The van der Waals surface area contributed by atoms with Gasteiger partial charge in [-0.05, 0) is 52.6 Å². The van der Waals surface area contributed by atoms with Crippen LogP contribution >= 0.6 is 0 Å². The molecule has 0 amide bonds. The van der Waals surface area contributed by atoms with Gasteiger partial charge in [0, 0.05) is 12.6 Å². The molecule has 90 valence electrons. The van der Waals surface area contributed by atoms with Gasteiger partial charge in [-0.2, -0.15) is 0 Å². The lowest BCUT2D eigenvalue weighted by atomic mass is 10.0. The van der Waals surface area contributed by atoms with Crippen LogP contribution < -0.4 is 5.32 Å². The third kappa shape index (κ3) is 4.09. The molecule has 15 heavy (non-hydrogen) atoms. The second-order valence-corrected chi connectivity index (χ2v) is 4.99. The van der Waals surface area contributed by atoms with Crippen molar-refractivity contribution in [2.45, 2.75) is 26.3 Å². The van der Waals surface area contributed by atoms with Crippen molar-refractivity contribution < 1.29 is 0 Å². The van der Waals surface area contributed by atoms with Gasteiger partial charge in [0.15, 0.2) is 0 Å². The Kier molecular flexibility index (Phi) is 5.58. The highest BCUT2D eigenvalue weighted by Gasteiger charge is 2.27. The minimum atomic E-state index is 0.761. The maximum Gasteiger partial charge on any atom is 0.0258 e. The molecule has 0 aromatic carbocycles. The van der Waals surface area contributed by atoms with Crippen molar-refractivity contribution in [1.82, 2.24) is 15.1 Å². The van der Waals surface area contributed by atoms with Crippen LogP contribution in [0.5, 0.6) is 0 Å². The standard InChI is InChI=1S/C12H27N3/c1-5-15(8-6-7-14(3)4)12-10-13-9-11(12)2/h11-13H,5-10H2,1-4H3. The summed E-state index contributed by atoms with van der Waals surface area (Å²) in [5.41, 5.74) is 0. The molecule has 0 aromatic heterocycles. The first kappa shape index (κ1) is 12.9. The highest BCUT2D eigenvalue weighted by molar-refractivity contribution is 4.85. The lowest BCUT2D eigenvalue weighted by Crippen LogP contribution is -2.41. The van der Waals surface area contributed by atoms with Crippen molar-refractivity contribution in [2.24, 2.45) is 5.92 Å². The average Bonchev–Trinajstić information content (AvgIpc) is 2.59. The van der Waals surface area contributed by atoms with Crippen LogP contribution in [0.3, 0.4) is 0 Å². The Bertz CT molecular complexity index is 170. The minimum Gasteiger partial charge on any atom is -0.315 e. The van der Waals surface area contributed by atoms with E-state index in [0.29, 0.717) is 0 Å². The van der Waals surface area contributed by atoms with Gasteiger partial charge in [0.2, 0.25) is 0 Å². The highest BCUT2D eigenvalue weighted by Crippen LogP contribution is 2.15. The fourth-order valence-electron chi connectivity index (χ4n) is 2.43. The van der Waals surface area contributed by atoms with E-state index in [1.807, 2.05) is 0 Å². The van der Waals surface area contributed by atoms with Gasteiger partial charge in [0.25, 0.3) is 0 Å². The smallest absolute Gasteiger partial charge is 0.0258 e. The molecule has 0 radical (unpaired) electrons. The van der Waals surface area contributed by atoms with E-state index in [2.05, 4.69) is 43.1 Å². The lowest BCUT2D eigenvalue weighted by molar-refractivity contribution is 0.179. The molecule has 2 atom stereocenters. The zero-order chi connectivity index (χ0) is 11.3. The van der Waals surface area contributed by atoms with Crippen molar-refractivity contribution in [3.8, 4) is 0 Å². The summed E-state index contributed by atoms with van der Waals surface area (Å²) >= 11 is 0. The third-order valence-electron chi connectivity index (χ3n) is 3.40. The Labute approximate surface area is 94.8 Å². The van der Waals surface area contributed by atoms with Crippen LogP contribution in [-0.2, 0) is 0 Å². The average molecular weight is 213 g/mol. The van der Waals surface area contributed by atoms with Crippen LogP contribution in [0.2, 0.25) is 0 Å². The number of rotatable bonds is 6. The van der Waals surface area contributed by atoms with Gasteiger partial charge >= 0.3 is 0 Å². The van der Waals surface area contributed by atoms with Crippen LogP contribution in [0.1, 0.15) is 20.3 Å². The monoisotopic (exact) mass is 213 g/mol. The van der Waals surface area contributed by atoms with E-state index < -0.39 is 0 Å². The van der Waals surface area contributed by atoms with Crippen LogP contribution in [0, 0.1) is 5.92 Å². The van der Waals surface area contributed by atoms with E-state index >= 15 is 0 Å². The van der Waals surface area contributed by atoms with Crippen molar-refractivity contribution in [2.75, 3.05) is 46.8 Å². The fourth-order valence-corrected chi connectivity index (χ4v) is 2.43. The summed E-state index contributed by atoms with van der Waals surface area (Å²) in [6.45, 7) is 10.6. The summed E-state index contributed by atoms with van der Waals surface area (Å²) in [6, 6.07) is 0.761. The maximum atomic E-state index is 3.48. The molecule has 2 unspecified atom stereocenters. The molecule has 0 aromatic rings. The van der Waals surface area contributed by atoms with Gasteiger partial charge in [0.1, 0.15) is 0 Å². The Morgan fingerprint density at radius 3 is 2.40 bits per heavy atom. The van der Waals surface area contributed by atoms with Gasteiger partial charge in [-0.3, -0.25) is 4.90 Å². The zero-order valence-electron chi connectivity index (χ0n) is 10.8. The largest absolute Gasteiger partial charge is 0.315 e. The molecular formula is C12H27N3. The van der Waals surface area contributed by atoms with E-state index in [-0.39, 0.29) is 0 Å². The SMILES string of the molecule is CCN(CCCN(C)C)C1CNCC1C. The van der Waals surface area contributed by atoms with E-state index in [1.165, 1.54) is 39.1 Å². The fraction of sp³-hybridized carbons (Fsp3) is 1.00. The molecule has 3 nitrogen and oxygen atoms in total. The molecular weight excluding hydrogens is 186 g/mol. The van der Waals surface area contributed by atoms with Crippen molar-refractivity contribution in [1.29, 1.82) is 0 Å². The summed E-state index contributed by atoms with van der Waals surface area (Å²) in [5.74, 6) is 0.810. The van der Waals surface area contributed by atoms with E-state index in [4.69, 9.17) is 0 Å². The predicted octanol–water partition coefficient (Wildman–Crippen LogP) is 0.868.